The molecule has 18 heavy (non-hydrogen) atoms. The van der Waals surface area contributed by atoms with Crippen LogP contribution in [-0.4, -0.2) is 9.78 Å². The van der Waals surface area contributed by atoms with Gasteiger partial charge in [-0.2, -0.15) is 5.10 Å². The maximum atomic E-state index is 6.19. The highest BCUT2D eigenvalue weighted by molar-refractivity contribution is 9.08. The van der Waals surface area contributed by atoms with Crippen LogP contribution in [0.5, 0.6) is 0 Å². The average molecular weight is 348 g/mol. The van der Waals surface area contributed by atoms with Crippen molar-refractivity contribution in [3.8, 4) is 5.69 Å². The van der Waals surface area contributed by atoms with Crippen molar-refractivity contribution in [1.29, 1.82) is 0 Å². The first kappa shape index (κ1) is 13.9. The van der Waals surface area contributed by atoms with Gasteiger partial charge in [0.1, 0.15) is 5.69 Å². The van der Waals surface area contributed by atoms with Crippen molar-refractivity contribution in [3.05, 3.63) is 45.7 Å². The highest BCUT2D eigenvalue weighted by atomic mass is 79.9. The smallest absolute Gasteiger partial charge is 0.102 e. The van der Waals surface area contributed by atoms with Crippen LogP contribution < -0.4 is 0 Å². The first-order valence-corrected chi connectivity index (χ1v) is 7.51. The van der Waals surface area contributed by atoms with Crippen LogP contribution in [0.1, 0.15) is 31.0 Å². The van der Waals surface area contributed by atoms with Crippen LogP contribution in [-0.2, 0) is 5.33 Å². The minimum Gasteiger partial charge on any atom is -0.237 e. The molecule has 0 atom stereocenters. The second kappa shape index (κ2) is 5.64. The molecule has 0 aliphatic carbocycles. The van der Waals surface area contributed by atoms with E-state index >= 15 is 0 Å². The molecule has 0 saturated carbocycles. The number of para-hydroxylation sites is 1. The van der Waals surface area contributed by atoms with E-state index in [4.69, 9.17) is 23.2 Å². The molecule has 0 radical (unpaired) electrons. The Bertz CT molecular complexity index is 544. The van der Waals surface area contributed by atoms with Gasteiger partial charge in [-0.3, -0.25) is 0 Å². The van der Waals surface area contributed by atoms with Gasteiger partial charge in [-0.05, 0) is 23.6 Å². The summed E-state index contributed by atoms with van der Waals surface area (Å²) in [6, 6.07) is 5.45. The van der Waals surface area contributed by atoms with E-state index in [1.807, 2.05) is 24.4 Å². The summed E-state index contributed by atoms with van der Waals surface area (Å²) in [6.45, 7) is 4.28. The number of halogens is 3. The average Bonchev–Trinajstić information content (AvgIpc) is 2.73. The van der Waals surface area contributed by atoms with Gasteiger partial charge in [0.2, 0.25) is 0 Å². The lowest BCUT2D eigenvalue weighted by molar-refractivity contribution is 0.855. The van der Waals surface area contributed by atoms with Gasteiger partial charge in [-0.25, -0.2) is 4.68 Å². The minimum atomic E-state index is 0.410. The van der Waals surface area contributed by atoms with Crippen molar-refractivity contribution < 1.29 is 0 Å². The summed E-state index contributed by atoms with van der Waals surface area (Å²) < 4.78 is 1.76. The molecule has 0 aliphatic rings. The largest absolute Gasteiger partial charge is 0.237 e. The molecule has 96 valence electrons. The number of nitrogens with zero attached hydrogens (tertiary/aromatic N) is 2. The topological polar surface area (TPSA) is 17.8 Å². The molecule has 0 bridgehead atoms. The van der Waals surface area contributed by atoms with E-state index < -0.39 is 0 Å². The maximum absolute atomic E-state index is 6.19. The molecule has 5 heteroatoms. The van der Waals surface area contributed by atoms with E-state index in [1.54, 1.807) is 4.68 Å². The summed E-state index contributed by atoms with van der Waals surface area (Å²) in [6.07, 6.45) is 1.99. The SMILES string of the molecule is CC(C)c1cn(-c2c(Cl)cccc2Cl)nc1CBr. The molecule has 0 N–H and O–H groups in total. The van der Waals surface area contributed by atoms with E-state index in [2.05, 4.69) is 34.9 Å². The van der Waals surface area contributed by atoms with Crippen molar-refractivity contribution >= 4 is 39.1 Å². The quantitative estimate of drug-likeness (QED) is 0.698. The summed E-state index contributed by atoms with van der Waals surface area (Å²) in [5, 5.41) is 6.46. The van der Waals surface area contributed by atoms with Gasteiger partial charge in [0.15, 0.2) is 0 Å². The van der Waals surface area contributed by atoms with E-state index in [0.717, 1.165) is 16.7 Å². The van der Waals surface area contributed by atoms with E-state index in [0.29, 0.717) is 16.0 Å². The molecular formula is C13H13BrCl2N2. The van der Waals surface area contributed by atoms with Gasteiger partial charge >= 0.3 is 0 Å². The zero-order valence-corrected chi connectivity index (χ0v) is 13.2. The third-order valence-electron chi connectivity index (χ3n) is 2.74. The normalized spacial score (nSPS) is 11.2. The molecule has 2 rings (SSSR count). The molecule has 0 spiro atoms. The van der Waals surface area contributed by atoms with Crippen LogP contribution >= 0.6 is 39.1 Å². The summed E-state index contributed by atoms with van der Waals surface area (Å²) >= 11 is 15.8. The standard InChI is InChI=1S/C13H13BrCl2N2/c1-8(2)9-7-18(17-12(9)6-14)13-10(15)4-3-5-11(13)16/h3-5,7-8H,6H2,1-2H3. The van der Waals surface area contributed by atoms with Gasteiger partial charge in [0.25, 0.3) is 0 Å². The fourth-order valence-electron chi connectivity index (χ4n) is 1.83. The zero-order chi connectivity index (χ0) is 13.3. The zero-order valence-electron chi connectivity index (χ0n) is 10.1. The summed E-state index contributed by atoms with van der Waals surface area (Å²) in [7, 11) is 0. The number of benzene rings is 1. The Morgan fingerprint density at radius 3 is 2.33 bits per heavy atom. The first-order valence-electron chi connectivity index (χ1n) is 5.63. The van der Waals surface area contributed by atoms with Gasteiger partial charge in [-0.1, -0.05) is 59.0 Å². The third kappa shape index (κ3) is 2.58. The number of hydrogen-bond donors (Lipinski definition) is 0. The van der Waals surface area contributed by atoms with Crippen molar-refractivity contribution in [2.24, 2.45) is 0 Å². The highest BCUT2D eigenvalue weighted by Gasteiger charge is 2.15. The van der Waals surface area contributed by atoms with Crippen LogP contribution in [0.2, 0.25) is 10.0 Å². The van der Waals surface area contributed by atoms with Crippen LogP contribution in [0.15, 0.2) is 24.4 Å². The molecule has 1 aromatic carbocycles. The van der Waals surface area contributed by atoms with Gasteiger partial charge in [0.05, 0.1) is 15.7 Å². The Hall–Kier alpha value is -0.510. The first-order chi connectivity index (χ1) is 8.54. The van der Waals surface area contributed by atoms with E-state index in [-0.39, 0.29) is 0 Å². The second-order valence-corrected chi connectivity index (χ2v) is 5.71. The lowest BCUT2D eigenvalue weighted by atomic mass is 10.1. The molecule has 0 saturated heterocycles. The number of hydrogen-bond acceptors (Lipinski definition) is 1. The number of aromatic nitrogens is 2. The fourth-order valence-corrected chi connectivity index (χ4v) is 2.84. The third-order valence-corrected chi connectivity index (χ3v) is 3.88. The number of rotatable bonds is 3. The predicted molar refractivity (Wildman–Crippen MR) is 80.3 cm³/mol. The van der Waals surface area contributed by atoms with Gasteiger partial charge < -0.3 is 0 Å². The highest BCUT2D eigenvalue weighted by Crippen LogP contribution is 2.30. The lowest BCUT2D eigenvalue weighted by Crippen LogP contribution is -1.97. The van der Waals surface area contributed by atoms with Crippen LogP contribution in [0.25, 0.3) is 5.69 Å². The van der Waals surface area contributed by atoms with Crippen LogP contribution in [0.4, 0.5) is 0 Å². The van der Waals surface area contributed by atoms with Crippen molar-refractivity contribution in [1.82, 2.24) is 9.78 Å². The molecule has 0 amide bonds. The summed E-state index contributed by atoms with van der Waals surface area (Å²) in [5.74, 6) is 0.410. The summed E-state index contributed by atoms with van der Waals surface area (Å²) in [4.78, 5) is 0. The Kier molecular flexibility index (Phi) is 4.36. The van der Waals surface area contributed by atoms with Crippen LogP contribution in [0.3, 0.4) is 0 Å². The monoisotopic (exact) mass is 346 g/mol. The molecule has 2 nitrogen and oxygen atoms in total. The molecule has 0 unspecified atom stereocenters. The van der Waals surface area contributed by atoms with Crippen molar-refractivity contribution in [2.45, 2.75) is 25.1 Å². The van der Waals surface area contributed by atoms with E-state index in [1.165, 1.54) is 5.56 Å². The Balaban J connectivity index is 2.58. The molecule has 2 aromatic rings. The fraction of sp³-hybridized carbons (Fsp3) is 0.308. The molecule has 0 aliphatic heterocycles. The Morgan fingerprint density at radius 1 is 1.28 bits per heavy atom. The molecule has 0 fully saturated rings. The Morgan fingerprint density at radius 2 is 1.89 bits per heavy atom. The van der Waals surface area contributed by atoms with Crippen molar-refractivity contribution in [2.75, 3.05) is 0 Å². The van der Waals surface area contributed by atoms with Gasteiger partial charge in [-0.15, -0.1) is 0 Å². The minimum absolute atomic E-state index is 0.410. The number of alkyl halides is 1. The molecule has 1 heterocycles. The van der Waals surface area contributed by atoms with E-state index in [9.17, 15) is 0 Å². The van der Waals surface area contributed by atoms with Gasteiger partial charge in [0, 0.05) is 11.5 Å². The summed E-state index contributed by atoms with van der Waals surface area (Å²) in [5.41, 5.74) is 2.94. The van der Waals surface area contributed by atoms with Crippen LogP contribution in [0, 0.1) is 0 Å². The second-order valence-electron chi connectivity index (χ2n) is 4.33. The predicted octanol–water partition coefficient (Wildman–Crippen LogP) is 5.20. The van der Waals surface area contributed by atoms with Crippen molar-refractivity contribution in [3.63, 3.8) is 0 Å². The molecular weight excluding hydrogens is 335 g/mol. The maximum Gasteiger partial charge on any atom is 0.102 e. The molecule has 1 aromatic heterocycles. The Labute approximate surface area is 125 Å². The lowest BCUT2D eigenvalue weighted by Gasteiger charge is -2.06.